The number of hydrogen-bond donors (Lipinski definition) is 8. The summed E-state index contributed by atoms with van der Waals surface area (Å²) in [5, 5.41) is 80.0. The molecule has 11 heteroatoms. The first kappa shape index (κ1) is 20.4. The molecule has 1 aromatic carbocycles. The van der Waals surface area contributed by atoms with E-state index in [-0.39, 0.29) is 16.9 Å². The lowest BCUT2D eigenvalue weighted by atomic mass is 9.82. The first-order chi connectivity index (χ1) is 14.1. The summed E-state index contributed by atoms with van der Waals surface area (Å²) in [6.07, 6.45) is -6.98. The number of carbonyl (C=O) groups excluding carboxylic acids is 1. The summed E-state index contributed by atoms with van der Waals surface area (Å²) in [7, 11) is 0. The lowest BCUT2D eigenvalue weighted by Crippen LogP contribution is -2.55. The molecule has 6 unspecified atom stereocenters. The second-order valence-electron chi connectivity index (χ2n) is 7.36. The number of aliphatic hydroxyl groups excluding tert-OH is 6. The van der Waals surface area contributed by atoms with Crippen molar-refractivity contribution in [3.8, 4) is 17.2 Å². The Morgan fingerprint density at radius 3 is 2.23 bits per heavy atom. The van der Waals surface area contributed by atoms with Gasteiger partial charge < -0.3 is 50.3 Å². The van der Waals surface area contributed by atoms with Crippen LogP contribution < -0.4 is 4.74 Å². The molecule has 1 saturated heterocycles. The van der Waals surface area contributed by atoms with Gasteiger partial charge in [-0.3, -0.25) is 4.79 Å². The van der Waals surface area contributed by atoms with Gasteiger partial charge >= 0.3 is 0 Å². The third-order valence-electron chi connectivity index (χ3n) is 5.53. The van der Waals surface area contributed by atoms with Crippen molar-refractivity contribution in [3.63, 3.8) is 0 Å². The number of Topliss-reactive ketones (excluding diaryl/α,β-unsaturated/α-hetero) is 1. The van der Waals surface area contributed by atoms with Crippen molar-refractivity contribution in [2.45, 2.75) is 36.6 Å². The number of ether oxygens (including phenoxy) is 2. The zero-order valence-electron chi connectivity index (χ0n) is 15.3. The van der Waals surface area contributed by atoms with E-state index >= 15 is 0 Å². The summed E-state index contributed by atoms with van der Waals surface area (Å²) in [6, 6.07) is 0.830. The molecular weight excluding hydrogens is 404 g/mol. The van der Waals surface area contributed by atoms with Crippen LogP contribution in [0.3, 0.4) is 0 Å². The van der Waals surface area contributed by atoms with Gasteiger partial charge in [0, 0.05) is 12.1 Å². The van der Waals surface area contributed by atoms with Gasteiger partial charge in [-0.2, -0.15) is 0 Å². The molecule has 162 valence electrons. The van der Waals surface area contributed by atoms with Crippen LogP contribution in [0.5, 0.6) is 17.2 Å². The standard InChI is InChI=1S/C19H20O11/c20-4-11-15(26)16(27)17(28)19(30-11)13-9(24)2-8(23)12-14(25)5-1-6(21)7(22)3-10(5)29-18(12)13/h1-3,5,10-11,15-17,19-24,26-28H,4H2/t5?,10?,11?,15?,16-,17?,19?/m0/s1. The maximum Gasteiger partial charge on any atom is 0.181 e. The van der Waals surface area contributed by atoms with Gasteiger partial charge in [0.2, 0.25) is 0 Å². The van der Waals surface area contributed by atoms with E-state index in [2.05, 4.69) is 0 Å². The molecule has 1 aromatic rings. The van der Waals surface area contributed by atoms with Crippen molar-refractivity contribution < 1.29 is 55.1 Å². The minimum absolute atomic E-state index is 0.293. The van der Waals surface area contributed by atoms with Crippen LogP contribution in [0, 0.1) is 5.92 Å². The number of benzene rings is 1. The molecular formula is C19H20O11. The second kappa shape index (κ2) is 7.15. The fourth-order valence-corrected chi connectivity index (χ4v) is 3.95. The van der Waals surface area contributed by atoms with Crippen molar-refractivity contribution in [2.24, 2.45) is 5.92 Å². The maximum atomic E-state index is 13.0. The lowest BCUT2D eigenvalue weighted by Gasteiger charge is -2.41. The molecule has 8 N–H and O–H groups in total. The second-order valence-corrected chi connectivity index (χ2v) is 7.36. The average Bonchev–Trinajstić information content (AvgIpc) is 2.69. The molecule has 30 heavy (non-hydrogen) atoms. The SMILES string of the molecule is O=C1c2c(O)cc(O)c(C3OC(CO)C(O)[C@H](O)C3O)c2OC2C=C(O)C(O)=CC12. The van der Waals surface area contributed by atoms with Gasteiger partial charge in [0.15, 0.2) is 17.3 Å². The first-order valence-corrected chi connectivity index (χ1v) is 9.07. The third kappa shape index (κ3) is 2.90. The third-order valence-corrected chi connectivity index (χ3v) is 5.53. The number of ketones is 1. The van der Waals surface area contributed by atoms with E-state index < -0.39 is 77.9 Å². The van der Waals surface area contributed by atoms with Crippen LogP contribution in [0.2, 0.25) is 0 Å². The highest BCUT2D eigenvalue weighted by Gasteiger charge is 2.49. The van der Waals surface area contributed by atoms with Gasteiger partial charge in [-0.1, -0.05) is 0 Å². The summed E-state index contributed by atoms with van der Waals surface area (Å²) < 4.78 is 11.2. The number of hydrogen-bond acceptors (Lipinski definition) is 11. The lowest BCUT2D eigenvalue weighted by molar-refractivity contribution is -0.232. The Morgan fingerprint density at radius 1 is 0.900 bits per heavy atom. The zero-order valence-corrected chi connectivity index (χ0v) is 15.3. The largest absolute Gasteiger partial charge is 0.507 e. The maximum absolute atomic E-state index is 13.0. The molecule has 7 atom stereocenters. The van der Waals surface area contributed by atoms with E-state index in [1.165, 1.54) is 0 Å². The molecule has 2 aliphatic heterocycles. The number of carbonyl (C=O) groups is 1. The van der Waals surface area contributed by atoms with Crippen molar-refractivity contribution >= 4 is 5.78 Å². The van der Waals surface area contributed by atoms with Crippen LogP contribution in [0.15, 0.2) is 29.7 Å². The number of phenols is 2. The van der Waals surface area contributed by atoms with Crippen LogP contribution in [0.4, 0.5) is 0 Å². The summed E-state index contributed by atoms with van der Waals surface area (Å²) >= 11 is 0. The Kier molecular flexibility index (Phi) is 4.87. The Labute approximate surface area is 169 Å². The van der Waals surface area contributed by atoms with Crippen molar-refractivity contribution in [1.29, 1.82) is 0 Å². The highest BCUT2D eigenvalue weighted by molar-refractivity contribution is 6.06. The topological polar surface area (TPSA) is 197 Å². The Balaban J connectivity index is 1.86. The van der Waals surface area contributed by atoms with E-state index in [0.717, 1.165) is 18.2 Å². The van der Waals surface area contributed by atoms with E-state index in [9.17, 15) is 45.6 Å². The molecule has 2 heterocycles. The number of aliphatic hydroxyl groups is 6. The number of phenolic OH excluding ortho intramolecular Hbond substituents is 2. The molecule has 0 saturated carbocycles. The minimum Gasteiger partial charge on any atom is -0.507 e. The molecule has 1 fully saturated rings. The zero-order chi connectivity index (χ0) is 21.9. The highest BCUT2D eigenvalue weighted by atomic mass is 16.5. The molecule has 0 bridgehead atoms. The molecule has 0 amide bonds. The normalized spacial score (nSPS) is 35.6. The predicted octanol–water partition coefficient (Wildman–Crippen LogP) is -0.930. The van der Waals surface area contributed by atoms with Crippen molar-refractivity contribution in [2.75, 3.05) is 6.61 Å². The average molecular weight is 424 g/mol. The van der Waals surface area contributed by atoms with E-state index in [1.54, 1.807) is 0 Å². The molecule has 0 aromatic heterocycles. The monoisotopic (exact) mass is 424 g/mol. The van der Waals surface area contributed by atoms with Crippen LogP contribution in [-0.2, 0) is 4.74 Å². The number of rotatable bonds is 2. The van der Waals surface area contributed by atoms with Gasteiger partial charge in [-0.15, -0.1) is 0 Å². The van der Waals surface area contributed by atoms with Crippen LogP contribution in [0.1, 0.15) is 22.0 Å². The van der Waals surface area contributed by atoms with Crippen molar-refractivity contribution in [3.05, 3.63) is 40.9 Å². The van der Waals surface area contributed by atoms with Crippen LogP contribution in [-0.4, -0.2) is 83.8 Å². The molecule has 0 radical (unpaired) electrons. The Morgan fingerprint density at radius 2 is 1.57 bits per heavy atom. The van der Waals surface area contributed by atoms with E-state index in [0.29, 0.717) is 0 Å². The predicted molar refractivity (Wildman–Crippen MR) is 96.2 cm³/mol. The van der Waals surface area contributed by atoms with Crippen LogP contribution >= 0.6 is 0 Å². The fourth-order valence-electron chi connectivity index (χ4n) is 3.95. The fraction of sp³-hybridized carbons (Fsp3) is 0.421. The Bertz CT molecular complexity index is 950. The van der Waals surface area contributed by atoms with Gasteiger partial charge in [-0.25, -0.2) is 0 Å². The summed E-state index contributed by atoms with van der Waals surface area (Å²) in [5.74, 6) is -4.47. The van der Waals surface area contributed by atoms with Crippen molar-refractivity contribution in [1.82, 2.24) is 0 Å². The van der Waals surface area contributed by atoms with Gasteiger partial charge in [0.05, 0.1) is 18.1 Å². The molecule has 4 rings (SSSR count). The quantitative estimate of drug-likeness (QED) is 0.292. The van der Waals surface area contributed by atoms with E-state index in [1.807, 2.05) is 0 Å². The van der Waals surface area contributed by atoms with Gasteiger partial charge in [-0.05, 0) is 6.08 Å². The van der Waals surface area contributed by atoms with Crippen LogP contribution in [0.25, 0.3) is 0 Å². The van der Waals surface area contributed by atoms with Gasteiger partial charge in [0.1, 0.15) is 59.4 Å². The highest BCUT2D eigenvalue weighted by Crippen LogP contribution is 2.50. The molecule has 11 nitrogen and oxygen atoms in total. The number of fused-ring (bicyclic) bond motifs is 2. The summed E-state index contributed by atoms with van der Waals surface area (Å²) in [6.45, 7) is -0.715. The molecule has 1 aliphatic carbocycles. The molecule has 0 spiro atoms. The summed E-state index contributed by atoms with van der Waals surface area (Å²) in [5.41, 5.74) is -0.655. The minimum atomic E-state index is -1.78. The van der Waals surface area contributed by atoms with Gasteiger partial charge in [0.25, 0.3) is 0 Å². The van der Waals surface area contributed by atoms with E-state index in [4.69, 9.17) is 9.47 Å². The molecule has 3 aliphatic rings. The Hall–Kier alpha value is -2.83. The smallest absolute Gasteiger partial charge is 0.181 e. The number of aromatic hydroxyl groups is 2. The summed E-state index contributed by atoms with van der Waals surface area (Å²) in [4.78, 5) is 13.0. The first-order valence-electron chi connectivity index (χ1n) is 9.07.